The molecular weight excluding hydrogens is 256 g/mol. The average molecular weight is 273 g/mol. The maximum absolute atomic E-state index is 12.2. The molecule has 0 radical (unpaired) electrons. The number of carbonyl (C=O) groups is 2. The first-order valence-corrected chi connectivity index (χ1v) is 6.12. The van der Waals surface area contributed by atoms with E-state index in [1.54, 1.807) is 16.8 Å². The third-order valence-corrected chi connectivity index (χ3v) is 3.01. The Morgan fingerprint density at radius 1 is 1.56 bits per heavy atom. The Morgan fingerprint density at radius 3 is 2.67 bits per heavy atom. The van der Waals surface area contributed by atoms with Gasteiger partial charge in [-0.2, -0.15) is 0 Å². The Labute approximate surface area is 111 Å². The number of halogens is 1. The fourth-order valence-corrected chi connectivity index (χ4v) is 1.82. The molecule has 1 heterocycles. The lowest BCUT2D eigenvalue weighted by Crippen LogP contribution is -2.41. The number of carboxylic acids is 1. The molecule has 0 aliphatic heterocycles. The second kappa shape index (κ2) is 5.91. The first kappa shape index (κ1) is 14.6. The van der Waals surface area contributed by atoms with Gasteiger partial charge >= 0.3 is 5.97 Å². The van der Waals surface area contributed by atoms with E-state index in [0.717, 1.165) is 6.42 Å². The molecule has 1 rings (SSSR count). The number of rotatable bonds is 5. The summed E-state index contributed by atoms with van der Waals surface area (Å²) < 4.78 is 1.75. The van der Waals surface area contributed by atoms with Crippen LogP contribution in [0.1, 0.15) is 30.8 Å². The van der Waals surface area contributed by atoms with E-state index in [0.29, 0.717) is 17.3 Å². The summed E-state index contributed by atoms with van der Waals surface area (Å²) in [4.78, 5) is 24.2. The van der Waals surface area contributed by atoms with Crippen molar-refractivity contribution in [2.24, 2.45) is 0 Å². The van der Waals surface area contributed by atoms with Crippen LogP contribution in [0.2, 0.25) is 5.02 Å². The van der Waals surface area contributed by atoms with Gasteiger partial charge in [-0.25, -0.2) is 4.79 Å². The summed E-state index contributed by atoms with van der Waals surface area (Å²) in [5.74, 6) is -1.38. The minimum absolute atomic E-state index is 0.342. The molecule has 0 spiro atoms. The topological polar surface area (TPSA) is 62.5 Å². The Hall–Kier alpha value is -1.49. The van der Waals surface area contributed by atoms with Gasteiger partial charge in [0.1, 0.15) is 11.7 Å². The van der Waals surface area contributed by atoms with Crippen LogP contribution in [0.3, 0.4) is 0 Å². The predicted octanol–water partition coefficient (Wildman–Crippen LogP) is 2.10. The van der Waals surface area contributed by atoms with E-state index in [9.17, 15) is 9.59 Å². The van der Waals surface area contributed by atoms with E-state index < -0.39 is 12.0 Å². The third-order valence-electron chi connectivity index (χ3n) is 2.81. The largest absolute Gasteiger partial charge is 0.480 e. The van der Waals surface area contributed by atoms with Crippen molar-refractivity contribution in [2.75, 3.05) is 7.05 Å². The van der Waals surface area contributed by atoms with Gasteiger partial charge in [0.2, 0.25) is 0 Å². The maximum atomic E-state index is 12.2. The molecule has 0 aliphatic carbocycles. The van der Waals surface area contributed by atoms with Crippen molar-refractivity contribution in [3.05, 3.63) is 23.0 Å². The molecule has 0 aliphatic rings. The molecule has 1 amide bonds. The van der Waals surface area contributed by atoms with E-state index >= 15 is 0 Å². The number of aliphatic carboxylic acids is 1. The number of hydrogen-bond acceptors (Lipinski definition) is 2. The number of carbonyl (C=O) groups excluding carboxylic acids is 1. The van der Waals surface area contributed by atoms with Crippen LogP contribution in [0.15, 0.2) is 12.3 Å². The number of hydrogen-bond donors (Lipinski definition) is 1. The standard InChI is InChI=1S/C12H17ClN2O3/c1-4-5-15-7-9(13)6-10(15)11(16)14(3)8(2)12(17)18/h6-8H,4-5H2,1-3H3,(H,17,18). The second-order valence-corrected chi connectivity index (χ2v) is 4.60. The normalized spacial score (nSPS) is 12.2. The molecule has 1 aromatic heterocycles. The Kier molecular flexibility index (Phi) is 4.78. The number of aryl methyl sites for hydroxylation is 1. The van der Waals surface area contributed by atoms with E-state index in [-0.39, 0.29) is 5.91 Å². The molecule has 0 saturated heterocycles. The summed E-state index contributed by atoms with van der Waals surface area (Å²) in [5.41, 5.74) is 0.414. The summed E-state index contributed by atoms with van der Waals surface area (Å²) in [6, 6.07) is 0.686. The molecule has 0 fully saturated rings. The Balaban J connectivity index is 2.99. The van der Waals surface area contributed by atoms with Crippen LogP contribution in [0.25, 0.3) is 0 Å². The van der Waals surface area contributed by atoms with Crippen molar-refractivity contribution in [3.8, 4) is 0 Å². The highest BCUT2D eigenvalue weighted by molar-refractivity contribution is 6.31. The highest BCUT2D eigenvalue weighted by Crippen LogP contribution is 2.17. The minimum Gasteiger partial charge on any atom is -0.480 e. The van der Waals surface area contributed by atoms with Crippen molar-refractivity contribution in [1.82, 2.24) is 9.47 Å². The number of aromatic nitrogens is 1. The van der Waals surface area contributed by atoms with Gasteiger partial charge in [-0.1, -0.05) is 18.5 Å². The van der Waals surface area contributed by atoms with Crippen LogP contribution >= 0.6 is 11.6 Å². The van der Waals surface area contributed by atoms with E-state index in [4.69, 9.17) is 16.7 Å². The van der Waals surface area contributed by atoms with Crippen molar-refractivity contribution >= 4 is 23.5 Å². The zero-order valence-corrected chi connectivity index (χ0v) is 11.4. The lowest BCUT2D eigenvalue weighted by atomic mass is 10.2. The summed E-state index contributed by atoms with van der Waals surface area (Å²) in [7, 11) is 1.47. The molecule has 1 aromatic rings. The lowest BCUT2D eigenvalue weighted by Gasteiger charge is -2.22. The summed E-state index contributed by atoms with van der Waals surface area (Å²) in [6.45, 7) is 4.13. The van der Waals surface area contributed by atoms with Gasteiger partial charge in [0.05, 0.1) is 5.02 Å². The lowest BCUT2D eigenvalue weighted by molar-refractivity contribution is -0.141. The second-order valence-electron chi connectivity index (χ2n) is 4.17. The molecule has 1 N–H and O–H groups in total. The summed E-state index contributed by atoms with van der Waals surface area (Å²) >= 11 is 5.88. The van der Waals surface area contributed by atoms with Crippen LogP contribution in [0.4, 0.5) is 0 Å². The molecule has 0 aromatic carbocycles. The van der Waals surface area contributed by atoms with Crippen molar-refractivity contribution < 1.29 is 14.7 Å². The van der Waals surface area contributed by atoms with Crippen LogP contribution in [0.5, 0.6) is 0 Å². The molecule has 0 bridgehead atoms. The first-order valence-electron chi connectivity index (χ1n) is 5.74. The quantitative estimate of drug-likeness (QED) is 0.893. The van der Waals surface area contributed by atoms with Crippen LogP contribution in [-0.2, 0) is 11.3 Å². The molecule has 0 saturated carbocycles. The van der Waals surface area contributed by atoms with Crippen molar-refractivity contribution in [1.29, 1.82) is 0 Å². The zero-order chi connectivity index (χ0) is 13.9. The third kappa shape index (κ3) is 3.04. The Morgan fingerprint density at radius 2 is 2.17 bits per heavy atom. The number of nitrogens with zero attached hydrogens (tertiary/aromatic N) is 2. The van der Waals surface area contributed by atoms with Gasteiger partial charge < -0.3 is 14.6 Å². The van der Waals surface area contributed by atoms with Crippen molar-refractivity contribution in [2.45, 2.75) is 32.9 Å². The smallest absolute Gasteiger partial charge is 0.326 e. The molecule has 6 heteroatoms. The molecule has 1 atom stereocenters. The minimum atomic E-state index is -1.04. The molecule has 100 valence electrons. The summed E-state index contributed by atoms with van der Waals surface area (Å²) in [6.07, 6.45) is 2.54. The van der Waals surface area contributed by atoms with Gasteiger partial charge in [-0.15, -0.1) is 0 Å². The van der Waals surface area contributed by atoms with Crippen LogP contribution in [0, 0.1) is 0 Å². The van der Waals surface area contributed by atoms with E-state index in [1.165, 1.54) is 18.9 Å². The average Bonchev–Trinajstić information content (AvgIpc) is 2.67. The summed E-state index contributed by atoms with van der Waals surface area (Å²) in [5, 5.41) is 9.37. The van der Waals surface area contributed by atoms with Gasteiger partial charge in [0, 0.05) is 19.8 Å². The monoisotopic (exact) mass is 272 g/mol. The van der Waals surface area contributed by atoms with E-state index in [1.807, 2.05) is 6.92 Å². The first-order chi connectivity index (χ1) is 8.38. The Bertz CT molecular complexity index is 456. The van der Waals surface area contributed by atoms with E-state index in [2.05, 4.69) is 0 Å². The van der Waals surface area contributed by atoms with Gasteiger partial charge in [0.25, 0.3) is 5.91 Å². The fourth-order valence-electron chi connectivity index (χ4n) is 1.60. The van der Waals surface area contributed by atoms with Crippen LogP contribution < -0.4 is 0 Å². The predicted molar refractivity (Wildman–Crippen MR) is 68.9 cm³/mol. The van der Waals surface area contributed by atoms with Crippen LogP contribution in [-0.4, -0.2) is 39.5 Å². The molecule has 5 nitrogen and oxygen atoms in total. The molecule has 1 unspecified atom stereocenters. The molecule has 18 heavy (non-hydrogen) atoms. The zero-order valence-electron chi connectivity index (χ0n) is 10.7. The number of amides is 1. The van der Waals surface area contributed by atoms with Gasteiger partial charge in [0.15, 0.2) is 0 Å². The van der Waals surface area contributed by atoms with Gasteiger partial charge in [-0.05, 0) is 19.4 Å². The molecular formula is C12H17ClN2O3. The van der Waals surface area contributed by atoms with Crippen molar-refractivity contribution in [3.63, 3.8) is 0 Å². The van der Waals surface area contributed by atoms with Gasteiger partial charge in [-0.3, -0.25) is 4.79 Å². The fraction of sp³-hybridized carbons (Fsp3) is 0.500. The number of carboxylic acid groups (broad SMARTS) is 1. The maximum Gasteiger partial charge on any atom is 0.326 e. The SMILES string of the molecule is CCCn1cc(Cl)cc1C(=O)N(C)C(C)C(=O)O. The highest BCUT2D eigenvalue weighted by Gasteiger charge is 2.25. The highest BCUT2D eigenvalue weighted by atomic mass is 35.5. The number of likely N-dealkylation sites (N-methyl/N-ethyl adjacent to an activating group) is 1.